The van der Waals surface area contributed by atoms with E-state index in [1.165, 1.54) is 25.3 Å². The molecule has 34 heavy (non-hydrogen) atoms. The van der Waals surface area contributed by atoms with E-state index in [-0.39, 0.29) is 34.9 Å². The lowest BCUT2D eigenvalue weighted by Crippen LogP contribution is -2.22. The molecule has 0 aliphatic carbocycles. The van der Waals surface area contributed by atoms with Gasteiger partial charge in [0.15, 0.2) is 0 Å². The molecule has 3 heterocycles. The Morgan fingerprint density at radius 3 is 2.53 bits per heavy atom. The van der Waals surface area contributed by atoms with E-state index >= 15 is 0 Å². The molecule has 1 aromatic carbocycles. The monoisotopic (exact) mass is 505 g/mol. The van der Waals surface area contributed by atoms with Crippen molar-refractivity contribution < 1.29 is 18.3 Å². The fourth-order valence-electron chi connectivity index (χ4n) is 3.64. The van der Waals surface area contributed by atoms with Crippen LogP contribution in [0, 0.1) is 18.6 Å². The van der Waals surface area contributed by atoms with Crippen LogP contribution in [0.25, 0.3) is 11.3 Å². The summed E-state index contributed by atoms with van der Waals surface area (Å²) in [4.78, 5) is 8.74. The molecule has 3 aromatic rings. The number of rotatable bonds is 7. The minimum absolute atomic E-state index is 0.0275. The Labute approximate surface area is 202 Å². The van der Waals surface area contributed by atoms with Crippen molar-refractivity contribution in [3.05, 3.63) is 52.3 Å². The Hall–Kier alpha value is -2.82. The van der Waals surface area contributed by atoms with Crippen LogP contribution in [0.5, 0.6) is 5.88 Å². The van der Waals surface area contributed by atoms with Crippen LogP contribution in [0.4, 0.5) is 20.2 Å². The fraction of sp³-hybridized carbons (Fsp3) is 0.348. The van der Waals surface area contributed by atoms with E-state index in [9.17, 15) is 8.78 Å². The maximum Gasteiger partial charge on any atom is 0.241 e. The van der Waals surface area contributed by atoms with E-state index in [0.29, 0.717) is 29.2 Å². The summed E-state index contributed by atoms with van der Waals surface area (Å²) in [6, 6.07) is 6.29. The molecule has 0 radical (unpaired) electrons. The van der Waals surface area contributed by atoms with Crippen molar-refractivity contribution in [3.8, 4) is 17.1 Å². The molecule has 1 N–H and O–H groups in total. The molecule has 0 atom stereocenters. The van der Waals surface area contributed by atoms with E-state index in [4.69, 9.17) is 21.1 Å². The zero-order valence-corrected chi connectivity index (χ0v) is 21.4. The number of amidine groups is 1. The largest absolute Gasteiger partial charge is 0.479 e. The van der Waals surface area contributed by atoms with Crippen molar-refractivity contribution in [2.24, 2.45) is 4.99 Å². The van der Waals surface area contributed by atoms with E-state index in [1.807, 2.05) is 0 Å². The number of aliphatic imine (C=N–C) groups is 1. The molecule has 11 heteroatoms. The number of fused-ring (bicyclic) bond motifs is 3. The van der Waals surface area contributed by atoms with Gasteiger partial charge in [0.25, 0.3) is 0 Å². The lowest BCUT2D eigenvalue weighted by molar-refractivity contribution is 0.0796. The number of aromatic nitrogens is 3. The van der Waals surface area contributed by atoms with Gasteiger partial charge in [0.05, 0.1) is 29.7 Å². The highest BCUT2D eigenvalue weighted by Gasteiger charge is 2.29. The molecule has 0 amide bonds. The zero-order valence-electron chi connectivity index (χ0n) is 19.7. The first-order valence-corrected chi connectivity index (χ1v) is 14.9. The van der Waals surface area contributed by atoms with Gasteiger partial charge >= 0.3 is 0 Å². The number of hydrogen-bond acceptors (Lipinski definition) is 6. The van der Waals surface area contributed by atoms with Crippen LogP contribution in [0.1, 0.15) is 11.3 Å². The Kier molecular flexibility index (Phi) is 6.75. The van der Waals surface area contributed by atoms with Crippen molar-refractivity contribution in [2.75, 3.05) is 19.0 Å². The number of benzene rings is 1. The van der Waals surface area contributed by atoms with Crippen LogP contribution >= 0.6 is 11.6 Å². The smallest absolute Gasteiger partial charge is 0.241 e. The Bertz CT molecular complexity index is 1250. The normalized spacial score (nSPS) is 13.0. The highest BCUT2D eigenvalue weighted by atomic mass is 35.5. The first kappa shape index (κ1) is 24.3. The summed E-state index contributed by atoms with van der Waals surface area (Å²) in [6.45, 7) is 9.43. The Morgan fingerprint density at radius 2 is 1.88 bits per heavy atom. The average Bonchev–Trinajstić information content (AvgIpc) is 2.95. The molecule has 0 saturated heterocycles. The van der Waals surface area contributed by atoms with Gasteiger partial charge in [-0.1, -0.05) is 37.3 Å². The molecule has 0 saturated carbocycles. The standard InChI is InChI=1S/C23H26ClF2N5O2Si/c1-13-19-21(31(30-13)12-33-9-10-34(3,4)5)14-11-17(24)27-23(32-2)20(14)29-22(28-19)18-15(25)7-6-8-16(18)26/h6-8,11H,9-10,12H2,1-5H3,(H,28,29). The molecule has 7 nitrogen and oxygen atoms in total. The molecule has 180 valence electrons. The van der Waals surface area contributed by atoms with Crippen molar-refractivity contribution in [1.82, 2.24) is 14.8 Å². The number of nitrogens with one attached hydrogen (secondary N) is 1. The van der Waals surface area contributed by atoms with E-state index in [1.54, 1.807) is 17.7 Å². The number of pyridine rings is 1. The molecule has 1 aliphatic heterocycles. The molecule has 0 bridgehead atoms. The topological polar surface area (TPSA) is 73.6 Å². The van der Waals surface area contributed by atoms with Crippen LogP contribution < -0.4 is 10.1 Å². The van der Waals surface area contributed by atoms with Gasteiger partial charge in [-0.2, -0.15) is 10.1 Å². The maximum absolute atomic E-state index is 14.7. The summed E-state index contributed by atoms with van der Waals surface area (Å²) in [5.41, 5.74) is 2.29. The van der Waals surface area contributed by atoms with Crippen LogP contribution in [0.2, 0.25) is 30.8 Å². The average molecular weight is 506 g/mol. The van der Waals surface area contributed by atoms with Crippen molar-refractivity contribution in [2.45, 2.75) is 39.3 Å². The van der Waals surface area contributed by atoms with Gasteiger partial charge in [0.2, 0.25) is 5.88 Å². The minimum Gasteiger partial charge on any atom is -0.479 e. The van der Waals surface area contributed by atoms with E-state index < -0.39 is 19.7 Å². The van der Waals surface area contributed by atoms with Crippen molar-refractivity contribution in [3.63, 3.8) is 0 Å². The highest BCUT2D eigenvalue weighted by Crippen LogP contribution is 2.45. The number of nitrogens with zero attached hydrogens (tertiary/aromatic N) is 4. The second-order valence-corrected chi connectivity index (χ2v) is 15.2. The van der Waals surface area contributed by atoms with Gasteiger partial charge in [-0.15, -0.1) is 0 Å². The van der Waals surface area contributed by atoms with E-state index in [0.717, 1.165) is 6.04 Å². The van der Waals surface area contributed by atoms with E-state index in [2.05, 4.69) is 40.0 Å². The summed E-state index contributed by atoms with van der Waals surface area (Å²) < 4.78 is 42.5. The summed E-state index contributed by atoms with van der Waals surface area (Å²) in [6.07, 6.45) is 0. The number of anilines is 1. The number of hydrogen-bond donors (Lipinski definition) is 1. The lowest BCUT2D eigenvalue weighted by atomic mass is 10.1. The minimum atomic E-state index is -1.26. The number of methoxy groups -OCH3 is 1. The summed E-state index contributed by atoms with van der Waals surface area (Å²) in [7, 11) is 0.169. The summed E-state index contributed by atoms with van der Waals surface area (Å²) in [5, 5.41) is 7.89. The third-order valence-electron chi connectivity index (χ3n) is 5.38. The van der Waals surface area contributed by atoms with Crippen molar-refractivity contribution in [1.29, 1.82) is 0 Å². The summed E-state index contributed by atoms with van der Waals surface area (Å²) >= 11 is 6.28. The van der Waals surface area contributed by atoms with Gasteiger partial charge in [0.1, 0.15) is 35.0 Å². The van der Waals surface area contributed by atoms with Gasteiger partial charge < -0.3 is 14.8 Å². The number of aryl methyl sites for hydroxylation is 1. The Morgan fingerprint density at radius 1 is 1.18 bits per heavy atom. The first-order valence-electron chi connectivity index (χ1n) is 10.8. The fourth-order valence-corrected chi connectivity index (χ4v) is 4.59. The zero-order chi connectivity index (χ0) is 24.6. The Balaban J connectivity index is 1.86. The third kappa shape index (κ3) is 4.84. The number of halogens is 3. The third-order valence-corrected chi connectivity index (χ3v) is 7.28. The molecule has 4 rings (SSSR count). The van der Waals surface area contributed by atoms with Gasteiger partial charge in [0, 0.05) is 20.2 Å². The van der Waals surface area contributed by atoms with Gasteiger partial charge in [-0.25, -0.2) is 18.5 Å². The SMILES string of the molecule is COc1nc(Cl)cc2c1N=C(c1c(F)cccc1F)Nc1c(C)nn(COCC[Si](C)(C)C)c1-2. The van der Waals surface area contributed by atoms with Gasteiger partial charge in [-0.05, 0) is 31.2 Å². The molecule has 0 spiro atoms. The van der Waals surface area contributed by atoms with Crippen LogP contribution in [-0.2, 0) is 11.5 Å². The predicted molar refractivity (Wildman–Crippen MR) is 132 cm³/mol. The highest BCUT2D eigenvalue weighted by molar-refractivity contribution is 6.76. The number of ether oxygens (including phenoxy) is 2. The van der Waals surface area contributed by atoms with Crippen LogP contribution in [-0.4, -0.2) is 42.4 Å². The first-order chi connectivity index (χ1) is 16.1. The molecule has 0 fully saturated rings. The van der Waals surface area contributed by atoms with Crippen molar-refractivity contribution >= 4 is 36.9 Å². The maximum atomic E-state index is 14.7. The summed E-state index contributed by atoms with van der Waals surface area (Å²) in [5.74, 6) is -1.41. The quantitative estimate of drug-likeness (QED) is 0.242. The predicted octanol–water partition coefficient (Wildman–Crippen LogP) is 6.01. The lowest BCUT2D eigenvalue weighted by Gasteiger charge is -2.16. The molecule has 0 unspecified atom stereocenters. The molecule has 2 aromatic heterocycles. The van der Waals surface area contributed by atoms with Gasteiger partial charge in [-0.3, -0.25) is 0 Å². The second-order valence-electron chi connectivity index (χ2n) is 9.19. The molecular weight excluding hydrogens is 480 g/mol. The van der Waals surface area contributed by atoms with Crippen LogP contribution in [0.15, 0.2) is 29.3 Å². The van der Waals surface area contributed by atoms with Crippen LogP contribution in [0.3, 0.4) is 0 Å². The molecular formula is C23H26ClF2N5O2Si. The second kappa shape index (κ2) is 9.44. The molecule has 1 aliphatic rings.